The first kappa shape index (κ1) is 43.4. The van der Waals surface area contributed by atoms with Crippen LogP contribution < -0.4 is 10.2 Å². The van der Waals surface area contributed by atoms with Crippen LogP contribution >= 0.6 is 15.9 Å². The first-order valence-corrected chi connectivity index (χ1v) is 22.7. The van der Waals surface area contributed by atoms with Crippen molar-refractivity contribution >= 4 is 44.4 Å². The molecule has 0 unspecified atom stereocenters. The molecule has 0 amide bonds. The molecule has 8 aromatic rings. The van der Waals surface area contributed by atoms with Crippen LogP contribution in [-0.2, 0) is 10.8 Å². The van der Waals surface area contributed by atoms with Gasteiger partial charge < -0.3 is 10.2 Å². The Hall–Kier alpha value is -6.30. The Kier molecular flexibility index (Phi) is 12.0. The topological polar surface area (TPSA) is 41.1 Å². The zero-order valence-corrected chi connectivity index (χ0v) is 39.8. The second-order valence-corrected chi connectivity index (χ2v) is 18.8. The van der Waals surface area contributed by atoms with E-state index in [-0.39, 0.29) is 10.8 Å². The summed E-state index contributed by atoms with van der Waals surface area (Å²) < 4.78 is 1.06. The van der Waals surface area contributed by atoms with Crippen LogP contribution in [0.3, 0.4) is 0 Å². The number of anilines is 5. The maximum atomic E-state index is 5.08. The molecule has 0 atom stereocenters. The molecule has 5 heteroatoms. The van der Waals surface area contributed by atoms with Crippen LogP contribution in [0.15, 0.2) is 162 Å². The summed E-state index contributed by atoms with van der Waals surface area (Å²) in [6.45, 7) is 21.9. The number of hydrogen-bond acceptors (Lipinski definition) is 4. The predicted molar refractivity (Wildman–Crippen MR) is 271 cm³/mol. The van der Waals surface area contributed by atoms with Crippen LogP contribution in [0, 0.1) is 41.5 Å². The number of halogens is 1. The molecule has 0 bridgehead atoms. The highest BCUT2D eigenvalue weighted by Gasteiger charge is 2.37. The molecule has 6 aromatic carbocycles. The van der Waals surface area contributed by atoms with E-state index in [9.17, 15) is 0 Å². The monoisotopic (exact) mass is 888 g/mol. The van der Waals surface area contributed by atoms with Gasteiger partial charge in [0.05, 0.1) is 39.8 Å². The highest BCUT2D eigenvalue weighted by atomic mass is 79.9. The van der Waals surface area contributed by atoms with E-state index in [0.29, 0.717) is 0 Å². The smallest absolute Gasteiger partial charge is 0.0712 e. The van der Waals surface area contributed by atoms with Gasteiger partial charge in [-0.05, 0) is 151 Å². The minimum atomic E-state index is -0.0524. The molecule has 0 aliphatic carbocycles. The van der Waals surface area contributed by atoms with Gasteiger partial charge in [-0.25, -0.2) is 0 Å². The van der Waals surface area contributed by atoms with Crippen molar-refractivity contribution in [3.05, 3.63) is 218 Å². The van der Waals surface area contributed by atoms with Gasteiger partial charge >= 0.3 is 0 Å². The van der Waals surface area contributed by atoms with Crippen LogP contribution in [-0.4, -0.2) is 9.97 Å². The zero-order chi connectivity index (χ0) is 44.6. The molecular weight excluding hydrogens is 833 g/mol. The summed E-state index contributed by atoms with van der Waals surface area (Å²) in [5.74, 6) is 0. The highest BCUT2D eigenvalue weighted by molar-refractivity contribution is 9.10. The maximum Gasteiger partial charge on any atom is 0.0712 e. The molecule has 0 fully saturated rings. The average molecular weight is 890 g/mol. The van der Waals surface area contributed by atoms with Crippen LogP contribution in [0.1, 0.15) is 83.6 Å². The second-order valence-electron chi connectivity index (χ2n) is 17.9. The summed E-state index contributed by atoms with van der Waals surface area (Å²) in [7, 11) is 0. The van der Waals surface area contributed by atoms with Gasteiger partial charge in [-0.1, -0.05) is 137 Å². The number of fused-ring (bicyclic) bond motifs is 4. The number of aromatic nitrogens is 2. The number of para-hydroxylation sites is 4. The van der Waals surface area contributed by atoms with E-state index in [1.54, 1.807) is 0 Å². The van der Waals surface area contributed by atoms with Gasteiger partial charge in [0, 0.05) is 37.8 Å². The molecule has 4 heterocycles. The van der Waals surface area contributed by atoms with Gasteiger partial charge in [-0.2, -0.15) is 0 Å². The van der Waals surface area contributed by atoms with Crippen molar-refractivity contribution in [2.24, 2.45) is 0 Å². The predicted octanol–water partition coefficient (Wildman–Crippen LogP) is 16.3. The molecule has 0 saturated carbocycles. The van der Waals surface area contributed by atoms with Crippen LogP contribution in [0.2, 0.25) is 0 Å². The molecule has 4 nitrogen and oxygen atoms in total. The lowest BCUT2D eigenvalue weighted by atomic mass is 9.73. The Labute approximate surface area is 383 Å². The largest absolute Gasteiger partial charge is 0.355 e. The fourth-order valence-electron chi connectivity index (χ4n) is 9.54. The van der Waals surface area contributed by atoms with E-state index < -0.39 is 0 Å². The molecule has 0 saturated heterocycles. The molecule has 10 rings (SSSR count). The molecule has 2 aliphatic rings. The van der Waals surface area contributed by atoms with E-state index >= 15 is 0 Å². The van der Waals surface area contributed by atoms with Crippen molar-refractivity contribution in [3.8, 4) is 22.5 Å². The lowest BCUT2D eigenvalue weighted by Gasteiger charge is -2.42. The molecular formula is C58H57BrN4. The fourth-order valence-corrected chi connectivity index (χ4v) is 9.76. The second kappa shape index (κ2) is 17.5. The van der Waals surface area contributed by atoms with Gasteiger partial charge in [0.1, 0.15) is 0 Å². The summed E-state index contributed by atoms with van der Waals surface area (Å²) in [4.78, 5) is 12.1. The molecule has 2 aromatic heterocycles. The third-order valence-corrected chi connectivity index (χ3v) is 13.7. The molecule has 2 aliphatic heterocycles. The number of pyridine rings is 2. The summed E-state index contributed by atoms with van der Waals surface area (Å²) >= 11 is 3.48. The van der Waals surface area contributed by atoms with Crippen molar-refractivity contribution in [2.75, 3.05) is 10.2 Å². The van der Waals surface area contributed by atoms with Gasteiger partial charge in [-0.15, -0.1) is 0 Å². The number of hydrogen-bond donors (Lipinski definition) is 1. The molecule has 316 valence electrons. The van der Waals surface area contributed by atoms with Crippen LogP contribution in [0.4, 0.5) is 28.4 Å². The van der Waals surface area contributed by atoms with Gasteiger partial charge in [0.15, 0.2) is 0 Å². The standard InChI is InChI=1S/C29H28N2.C15H15N.C14H14BrN/c1-19-11-10-12-20(2)28(19)24-17-18-25(21(3)30-24)31-26-15-8-6-13-22(26)29(4,5)23-14-7-9-16-27(23)31;1-15(2)11-7-3-5-9-13(11)16-14-10-6-4-8-12(14)15;1-9-5-4-6-10(2)14(9)13-8-7-12(15)11(3)16-13/h6-18H,1-5H3;3-10,16H,1-2H3;4-8H,1-3H3. The van der Waals surface area contributed by atoms with E-state index in [1.165, 1.54) is 78.4 Å². The Morgan fingerprint density at radius 2 is 0.778 bits per heavy atom. The Morgan fingerprint density at radius 3 is 1.22 bits per heavy atom. The summed E-state index contributed by atoms with van der Waals surface area (Å²) in [5.41, 5.74) is 23.2. The normalized spacial score (nSPS) is 13.7. The number of nitrogens with zero attached hydrogens (tertiary/aromatic N) is 3. The lowest BCUT2D eigenvalue weighted by Crippen LogP contribution is -2.30. The number of aryl methyl sites for hydroxylation is 6. The molecule has 1 N–H and O–H groups in total. The average Bonchev–Trinajstić information content (AvgIpc) is 3.26. The van der Waals surface area contributed by atoms with Crippen molar-refractivity contribution in [1.82, 2.24) is 9.97 Å². The first-order chi connectivity index (χ1) is 30.2. The third kappa shape index (κ3) is 8.23. The van der Waals surface area contributed by atoms with E-state index in [0.717, 1.165) is 32.9 Å². The van der Waals surface area contributed by atoms with Crippen LogP contribution in [0.25, 0.3) is 22.5 Å². The van der Waals surface area contributed by atoms with E-state index in [2.05, 4.69) is 251 Å². The SMILES string of the molecule is CC1(C)c2ccccc2Nc2ccccc21.Cc1cccc(C)c1-c1ccc(Br)c(C)n1.Cc1cccc(C)c1-c1ccc(N2c3ccccc3C(C)(C)c3ccccc32)c(C)n1. The number of benzene rings is 6. The Balaban J connectivity index is 0.000000143. The molecule has 0 radical (unpaired) electrons. The molecule has 0 spiro atoms. The minimum Gasteiger partial charge on any atom is -0.355 e. The van der Waals surface area contributed by atoms with Gasteiger partial charge in [-0.3, -0.25) is 9.97 Å². The Morgan fingerprint density at radius 1 is 0.397 bits per heavy atom. The summed E-state index contributed by atoms with van der Waals surface area (Å²) in [6.07, 6.45) is 0. The van der Waals surface area contributed by atoms with Gasteiger partial charge in [0.2, 0.25) is 0 Å². The fraction of sp³-hybridized carbons (Fsp3) is 0.207. The van der Waals surface area contributed by atoms with Crippen molar-refractivity contribution < 1.29 is 0 Å². The van der Waals surface area contributed by atoms with Gasteiger partial charge in [0.25, 0.3) is 0 Å². The summed E-state index contributed by atoms with van der Waals surface area (Å²) in [5, 5.41) is 3.50. The Bertz CT molecular complexity index is 2840. The quantitative estimate of drug-likeness (QED) is 0.192. The maximum absolute atomic E-state index is 5.08. The first-order valence-electron chi connectivity index (χ1n) is 21.9. The molecule has 63 heavy (non-hydrogen) atoms. The third-order valence-electron chi connectivity index (χ3n) is 12.9. The van der Waals surface area contributed by atoms with E-state index in [4.69, 9.17) is 4.98 Å². The van der Waals surface area contributed by atoms with Crippen molar-refractivity contribution in [1.29, 1.82) is 0 Å². The zero-order valence-electron chi connectivity index (χ0n) is 38.2. The number of nitrogens with one attached hydrogen (secondary N) is 1. The number of rotatable bonds is 3. The summed E-state index contributed by atoms with van der Waals surface area (Å²) in [6, 6.07) is 55.9. The van der Waals surface area contributed by atoms with Crippen LogP contribution in [0.5, 0.6) is 0 Å². The minimum absolute atomic E-state index is 0.0524. The lowest BCUT2D eigenvalue weighted by molar-refractivity contribution is 0.631. The van der Waals surface area contributed by atoms with E-state index in [1.807, 2.05) is 6.92 Å². The highest BCUT2D eigenvalue weighted by Crippen LogP contribution is 2.52. The van der Waals surface area contributed by atoms with Crippen molar-refractivity contribution in [3.63, 3.8) is 0 Å². The van der Waals surface area contributed by atoms with Crippen molar-refractivity contribution in [2.45, 2.75) is 80.1 Å².